The maximum atomic E-state index is 13.7. The molecule has 0 atom stereocenters. The summed E-state index contributed by atoms with van der Waals surface area (Å²) in [5.74, 6) is -0.306. The summed E-state index contributed by atoms with van der Waals surface area (Å²) in [7, 11) is 0. The molecule has 0 saturated carbocycles. The predicted octanol–water partition coefficient (Wildman–Crippen LogP) is 3.12. The number of aryl methyl sites for hydroxylation is 2. The largest absolute Gasteiger partial charge is 0.377 e. The Hall–Kier alpha value is -2.21. The van der Waals surface area contributed by atoms with Crippen LogP contribution < -0.4 is 10.9 Å². The van der Waals surface area contributed by atoms with Crippen LogP contribution in [-0.4, -0.2) is 9.38 Å². The van der Waals surface area contributed by atoms with Gasteiger partial charge in [-0.25, -0.2) is 9.37 Å². The zero-order valence-electron chi connectivity index (χ0n) is 11.7. The first-order valence-corrected chi connectivity index (χ1v) is 7.39. The Bertz CT molecular complexity index is 869. The van der Waals surface area contributed by atoms with Gasteiger partial charge in [0.25, 0.3) is 5.56 Å². The number of hydrogen-bond acceptors (Lipinski definition) is 4. The van der Waals surface area contributed by atoms with Gasteiger partial charge >= 0.3 is 0 Å². The van der Waals surface area contributed by atoms with Crippen molar-refractivity contribution < 1.29 is 4.39 Å². The van der Waals surface area contributed by atoms with Crippen LogP contribution in [0.25, 0.3) is 4.96 Å². The lowest BCUT2D eigenvalue weighted by Gasteiger charge is -2.08. The number of halogens is 1. The highest BCUT2D eigenvalue weighted by atomic mass is 32.1. The Morgan fingerprint density at radius 2 is 2.14 bits per heavy atom. The molecule has 0 amide bonds. The second-order valence-electron chi connectivity index (χ2n) is 4.92. The number of benzene rings is 1. The van der Waals surface area contributed by atoms with E-state index >= 15 is 0 Å². The van der Waals surface area contributed by atoms with Crippen molar-refractivity contribution in [2.24, 2.45) is 0 Å². The predicted molar refractivity (Wildman–Crippen MR) is 82.5 cm³/mol. The summed E-state index contributed by atoms with van der Waals surface area (Å²) in [5, 5.41) is 4.86. The average molecular weight is 303 g/mol. The van der Waals surface area contributed by atoms with Crippen molar-refractivity contribution in [3.8, 4) is 0 Å². The van der Waals surface area contributed by atoms with Crippen molar-refractivity contribution in [2.75, 3.05) is 5.32 Å². The molecule has 1 N–H and O–H groups in total. The van der Waals surface area contributed by atoms with E-state index < -0.39 is 0 Å². The Morgan fingerprint density at radius 1 is 1.33 bits per heavy atom. The van der Waals surface area contributed by atoms with Crippen LogP contribution in [0.3, 0.4) is 0 Å². The molecule has 0 unspecified atom stereocenters. The lowest BCUT2D eigenvalue weighted by Crippen LogP contribution is -2.16. The summed E-state index contributed by atoms with van der Waals surface area (Å²) in [6, 6.07) is 6.47. The second kappa shape index (κ2) is 5.29. The van der Waals surface area contributed by atoms with Crippen molar-refractivity contribution in [1.82, 2.24) is 9.38 Å². The van der Waals surface area contributed by atoms with Crippen LogP contribution in [0, 0.1) is 19.7 Å². The van der Waals surface area contributed by atoms with Crippen LogP contribution in [0.4, 0.5) is 10.1 Å². The van der Waals surface area contributed by atoms with E-state index in [9.17, 15) is 9.18 Å². The molecular weight excluding hydrogens is 289 g/mol. The minimum Gasteiger partial charge on any atom is -0.377 e. The fourth-order valence-electron chi connectivity index (χ4n) is 2.14. The number of rotatable bonds is 3. The van der Waals surface area contributed by atoms with Gasteiger partial charge in [0.2, 0.25) is 0 Å². The Balaban J connectivity index is 1.87. The average Bonchev–Trinajstić information content (AvgIpc) is 2.80. The summed E-state index contributed by atoms with van der Waals surface area (Å²) in [4.78, 5) is 17.1. The number of fused-ring (bicyclic) bond motifs is 1. The number of nitrogens with one attached hydrogen (secondary N) is 1. The SMILES string of the molecule is Cc1ccc(NCc2cc(=O)n3c(C)csc3n2)c(F)c1. The summed E-state index contributed by atoms with van der Waals surface area (Å²) in [6.45, 7) is 4.01. The minimum atomic E-state index is -0.306. The van der Waals surface area contributed by atoms with Crippen LogP contribution >= 0.6 is 11.3 Å². The standard InChI is InChI=1S/C15H14FN3OS/c1-9-3-4-13(12(16)5-9)17-7-11-6-14(20)19-10(2)8-21-15(19)18-11/h3-6,8,17H,7H2,1-2H3. The third-order valence-electron chi connectivity index (χ3n) is 3.21. The molecule has 0 aliphatic carbocycles. The molecule has 0 aliphatic heterocycles. The van der Waals surface area contributed by atoms with Crippen molar-refractivity contribution in [2.45, 2.75) is 20.4 Å². The molecule has 0 bridgehead atoms. The van der Waals surface area contributed by atoms with Gasteiger partial charge in [0.05, 0.1) is 17.9 Å². The number of thiazole rings is 1. The molecule has 2 aromatic heterocycles. The number of anilines is 1. The highest BCUT2D eigenvalue weighted by molar-refractivity contribution is 7.15. The topological polar surface area (TPSA) is 46.4 Å². The van der Waals surface area contributed by atoms with E-state index in [4.69, 9.17) is 0 Å². The normalized spacial score (nSPS) is 11.0. The van der Waals surface area contributed by atoms with Crippen LogP contribution in [0.5, 0.6) is 0 Å². The minimum absolute atomic E-state index is 0.111. The van der Waals surface area contributed by atoms with Crippen molar-refractivity contribution in [1.29, 1.82) is 0 Å². The lowest BCUT2D eigenvalue weighted by atomic mass is 10.2. The molecule has 0 fully saturated rings. The van der Waals surface area contributed by atoms with Crippen LogP contribution in [-0.2, 0) is 6.54 Å². The van der Waals surface area contributed by atoms with Crippen molar-refractivity contribution in [3.05, 3.63) is 62.8 Å². The number of nitrogens with zero attached hydrogens (tertiary/aromatic N) is 2. The van der Waals surface area contributed by atoms with E-state index in [-0.39, 0.29) is 11.4 Å². The van der Waals surface area contributed by atoms with Gasteiger partial charge in [-0.2, -0.15) is 0 Å². The molecule has 0 saturated heterocycles. The van der Waals surface area contributed by atoms with Gasteiger partial charge in [0.15, 0.2) is 4.96 Å². The van der Waals surface area contributed by atoms with Crippen molar-refractivity contribution >= 4 is 22.0 Å². The molecule has 1 aromatic carbocycles. The number of hydrogen-bond donors (Lipinski definition) is 1. The molecule has 0 radical (unpaired) electrons. The first-order valence-electron chi connectivity index (χ1n) is 6.51. The molecule has 0 spiro atoms. The van der Waals surface area contributed by atoms with E-state index in [0.29, 0.717) is 22.9 Å². The van der Waals surface area contributed by atoms with E-state index in [1.807, 2.05) is 25.3 Å². The molecule has 3 aromatic rings. The fraction of sp³-hybridized carbons (Fsp3) is 0.200. The molecule has 4 nitrogen and oxygen atoms in total. The molecular formula is C15H14FN3OS. The molecule has 3 rings (SSSR count). The Kier molecular flexibility index (Phi) is 3.47. The highest BCUT2D eigenvalue weighted by Gasteiger charge is 2.07. The van der Waals surface area contributed by atoms with E-state index in [0.717, 1.165) is 11.3 Å². The van der Waals surface area contributed by atoms with E-state index in [2.05, 4.69) is 10.3 Å². The van der Waals surface area contributed by atoms with E-state index in [1.54, 1.807) is 10.5 Å². The van der Waals surface area contributed by atoms with Gasteiger partial charge < -0.3 is 5.32 Å². The monoisotopic (exact) mass is 303 g/mol. The van der Waals surface area contributed by atoms with Gasteiger partial charge in [-0.05, 0) is 31.5 Å². The zero-order valence-corrected chi connectivity index (χ0v) is 12.5. The molecule has 21 heavy (non-hydrogen) atoms. The van der Waals surface area contributed by atoms with Crippen LogP contribution in [0.2, 0.25) is 0 Å². The molecule has 0 aliphatic rings. The third kappa shape index (κ3) is 2.67. The summed E-state index contributed by atoms with van der Waals surface area (Å²) >= 11 is 1.42. The van der Waals surface area contributed by atoms with Crippen molar-refractivity contribution in [3.63, 3.8) is 0 Å². The number of aromatic nitrogens is 2. The molecule has 6 heteroatoms. The van der Waals surface area contributed by atoms with Crippen LogP contribution in [0.1, 0.15) is 17.0 Å². The maximum absolute atomic E-state index is 13.7. The summed E-state index contributed by atoms with van der Waals surface area (Å²) in [6.07, 6.45) is 0. The highest BCUT2D eigenvalue weighted by Crippen LogP contribution is 2.16. The smallest absolute Gasteiger partial charge is 0.259 e. The Morgan fingerprint density at radius 3 is 2.90 bits per heavy atom. The maximum Gasteiger partial charge on any atom is 0.259 e. The first-order chi connectivity index (χ1) is 10.0. The Labute approximate surface area is 124 Å². The first kappa shape index (κ1) is 13.8. The molecule has 108 valence electrons. The quantitative estimate of drug-likeness (QED) is 0.808. The van der Waals surface area contributed by atoms with Gasteiger partial charge in [-0.1, -0.05) is 6.07 Å². The summed E-state index contributed by atoms with van der Waals surface area (Å²) < 4.78 is 15.3. The van der Waals surface area contributed by atoms with Crippen LogP contribution in [0.15, 0.2) is 34.4 Å². The summed E-state index contributed by atoms with van der Waals surface area (Å²) in [5.41, 5.74) is 2.63. The zero-order chi connectivity index (χ0) is 15.0. The molecule has 2 heterocycles. The second-order valence-corrected chi connectivity index (χ2v) is 5.75. The van der Waals surface area contributed by atoms with E-state index in [1.165, 1.54) is 23.5 Å². The van der Waals surface area contributed by atoms with Gasteiger partial charge in [0, 0.05) is 17.1 Å². The van der Waals surface area contributed by atoms with Gasteiger partial charge in [0.1, 0.15) is 5.82 Å². The third-order valence-corrected chi connectivity index (χ3v) is 4.16. The van der Waals surface area contributed by atoms with Gasteiger partial charge in [-0.15, -0.1) is 11.3 Å². The lowest BCUT2D eigenvalue weighted by molar-refractivity contribution is 0.629. The van der Waals surface area contributed by atoms with Gasteiger partial charge in [-0.3, -0.25) is 9.20 Å². The fourth-order valence-corrected chi connectivity index (χ4v) is 3.03.